The van der Waals surface area contributed by atoms with Gasteiger partial charge < -0.3 is 9.47 Å². The van der Waals surface area contributed by atoms with Gasteiger partial charge in [0.25, 0.3) is 0 Å². The van der Waals surface area contributed by atoms with Crippen molar-refractivity contribution in [2.75, 3.05) is 13.2 Å². The quantitative estimate of drug-likeness (QED) is 0.701. The molecule has 21 heavy (non-hydrogen) atoms. The summed E-state index contributed by atoms with van der Waals surface area (Å²) in [5.74, 6) is 0. The van der Waals surface area contributed by atoms with Gasteiger partial charge in [-0.1, -0.05) is 5.21 Å². The van der Waals surface area contributed by atoms with E-state index in [1.54, 1.807) is 0 Å². The molecule has 0 aliphatic rings. The summed E-state index contributed by atoms with van der Waals surface area (Å²) in [5, 5.41) is 8.35. The molecule has 1 aromatic heterocycles. The van der Waals surface area contributed by atoms with Gasteiger partial charge in [-0.05, 0) is 54.9 Å². The molecule has 0 aromatic carbocycles. The topological polar surface area (TPSA) is 49.2 Å². The highest BCUT2D eigenvalue weighted by molar-refractivity contribution is 4.98. The molecule has 5 nitrogen and oxygen atoms in total. The monoisotopic (exact) mass is 297 g/mol. The van der Waals surface area contributed by atoms with Crippen LogP contribution in [-0.4, -0.2) is 39.4 Å². The highest BCUT2D eigenvalue weighted by atomic mass is 16.5. The van der Waals surface area contributed by atoms with Crippen LogP contribution in [0.15, 0.2) is 6.20 Å². The Kier molecular flexibility index (Phi) is 6.35. The van der Waals surface area contributed by atoms with Gasteiger partial charge in [0.15, 0.2) is 0 Å². The minimum absolute atomic E-state index is 0.133. The first-order chi connectivity index (χ1) is 9.65. The van der Waals surface area contributed by atoms with Crippen LogP contribution in [0, 0.1) is 0 Å². The summed E-state index contributed by atoms with van der Waals surface area (Å²) in [7, 11) is 0. The van der Waals surface area contributed by atoms with Crippen molar-refractivity contribution in [1.82, 2.24) is 15.0 Å². The Bertz CT molecular complexity index is 425. The lowest BCUT2D eigenvalue weighted by Crippen LogP contribution is -2.32. The molecule has 0 unspecified atom stereocenters. The number of aromatic nitrogens is 3. The predicted octanol–water partition coefficient (Wildman–Crippen LogP) is 3.40. The van der Waals surface area contributed by atoms with E-state index in [1.807, 2.05) is 17.8 Å². The second kappa shape index (κ2) is 7.36. The molecule has 0 saturated heterocycles. The zero-order valence-electron chi connectivity index (χ0n) is 14.6. The van der Waals surface area contributed by atoms with Gasteiger partial charge in [-0.15, -0.1) is 5.10 Å². The Morgan fingerprint density at radius 2 is 1.81 bits per heavy atom. The van der Waals surface area contributed by atoms with Crippen molar-refractivity contribution in [3.8, 4) is 0 Å². The molecule has 0 radical (unpaired) electrons. The maximum atomic E-state index is 6.03. The van der Waals surface area contributed by atoms with Crippen LogP contribution in [0.1, 0.15) is 66.6 Å². The molecule has 0 N–H and O–H groups in total. The van der Waals surface area contributed by atoms with Gasteiger partial charge >= 0.3 is 0 Å². The largest absolute Gasteiger partial charge is 0.376 e. The van der Waals surface area contributed by atoms with Crippen molar-refractivity contribution < 1.29 is 9.47 Å². The normalized spacial score (nSPS) is 13.1. The standard InChI is InChI=1S/C16H31N3O2/c1-8-20-15(4,5)9-10-21-16(6,7)11-14-12-19(13(2)3)18-17-14/h12-13H,8-11H2,1-7H3. The third kappa shape index (κ3) is 6.57. The minimum Gasteiger partial charge on any atom is -0.376 e. The van der Waals surface area contributed by atoms with Crippen LogP contribution < -0.4 is 0 Å². The van der Waals surface area contributed by atoms with Gasteiger partial charge in [-0.3, -0.25) is 0 Å². The zero-order chi connectivity index (χ0) is 16.1. The van der Waals surface area contributed by atoms with Gasteiger partial charge in [-0.2, -0.15) is 0 Å². The molecule has 0 fully saturated rings. The Balaban J connectivity index is 2.45. The van der Waals surface area contributed by atoms with Gasteiger partial charge in [0.1, 0.15) is 0 Å². The number of rotatable bonds is 9. The van der Waals surface area contributed by atoms with Crippen LogP contribution in [0.2, 0.25) is 0 Å². The summed E-state index contributed by atoms with van der Waals surface area (Å²) in [6, 6.07) is 0.335. The minimum atomic E-state index is -0.250. The van der Waals surface area contributed by atoms with Crippen molar-refractivity contribution in [1.29, 1.82) is 0 Å². The van der Waals surface area contributed by atoms with Gasteiger partial charge in [-0.25, -0.2) is 4.68 Å². The number of ether oxygens (including phenoxy) is 2. The second-order valence-electron chi connectivity index (χ2n) is 7.01. The maximum Gasteiger partial charge on any atom is 0.0855 e. The molecule has 0 aliphatic heterocycles. The molecule has 0 aliphatic carbocycles. The van der Waals surface area contributed by atoms with Crippen LogP contribution in [0.4, 0.5) is 0 Å². The molecule has 1 heterocycles. The van der Waals surface area contributed by atoms with E-state index in [1.165, 1.54) is 0 Å². The summed E-state index contributed by atoms with van der Waals surface area (Å²) in [5.41, 5.74) is 0.587. The van der Waals surface area contributed by atoms with E-state index in [4.69, 9.17) is 9.47 Å². The highest BCUT2D eigenvalue weighted by Gasteiger charge is 2.24. The van der Waals surface area contributed by atoms with Crippen molar-refractivity contribution >= 4 is 0 Å². The number of hydrogen-bond acceptors (Lipinski definition) is 4. The third-order valence-corrected chi connectivity index (χ3v) is 3.43. The van der Waals surface area contributed by atoms with Crippen molar-refractivity contribution in [2.24, 2.45) is 0 Å². The summed E-state index contributed by atoms with van der Waals surface area (Å²) < 4.78 is 13.6. The van der Waals surface area contributed by atoms with E-state index < -0.39 is 0 Å². The molecule has 1 aromatic rings. The molecule has 0 amide bonds. The van der Waals surface area contributed by atoms with E-state index in [0.29, 0.717) is 12.6 Å². The average molecular weight is 297 g/mol. The lowest BCUT2D eigenvalue weighted by molar-refractivity contribution is -0.0689. The molecule has 0 atom stereocenters. The fourth-order valence-electron chi connectivity index (χ4n) is 2.17. The summed E-state index contributed by atoms with van der Waals surface area (Å²) >= 11 is 0. The van der Waals surface area contributed by atoms with Gasteiger partial charge in [0, 0.05) is 25.3 Å². The highest BCUT2D eigenvalue weighted by Crippen LogP contribution is 2.20. The summed E-state index contributed by atoms with van der Waals surface area (Å²) in [6.45, 7) is 16.0. The lowest BCUT2D eigenvalue weighted by atomic mass is 10.0. The van der Waals surface area contributed by atoms with Crippen molar-refractivity contribution in [3.63, 3.8) is 0 Å². The van der Waals surface area contributed by atoms with E-state index >= 15 is 0 Å². The maximum absolute atomic E-state index is 6.03. The molecule has 0 bridgehead atoms. The molecule has 0 saturated carbocycles. The number of hydrogen-bond donors (Lipinski definition) is 0. The third-order valence-electron chi connectivity index (χ3n) is 3.43. The Morgan fingerprint density at radius 3 is 2.33 bits per heavy atom. The van der Waals surface area contributed by atoms with Crippen LogP contribution in [0.25, 0.3) is 0 Å². The summed E-state index contributed by atoms with van der Waals surface area (Å²) in [4.78, 5) is 0. The van der Waals surface area contributed by atoms with Crippen LogP contribution in [0.3, 0.4) is 0 Å². The first kappa shape index (κ1) is 18.1. The molecular weight excluding hydrogens is 266 g/mol. The average Bonchev–Trinajstić information content (AvgIpc) is 2.75. The smallest absolute Gasteiger partial charge is 0.0855 e. The lowest BCUT2D eigenvalue weighted by Gasteiger charge is -2.29. The first-order valence-corrected chi connectivity index (χ1v) is 7.84. The fourth-order valence-corrected chi connectivity index (χ4v) is 2.17. The molecular formula is C16H31N3O2. The molecule has 0 spiro atoms. The van der Waals surface area contributed by atoms with Crippen LogP contribution in [-0.2, 0) is 15.9 Å². The second-order valence-corrected chi connectivity index (χ2v) is 7.01. The van der Waals surface area contributed by atoms with Crippen molar-refractivity contribution in [3.05, 3.63) is 11.9 Å². The number of nitrogens with zero attached hydrogens (tertiary/aromatic N) is 3. The molecule has 1 rings (SSSR count). The van der Waals surface area contributed by atoms with E-state index in [2.05, 4.69) is 51.9 Å². The van der Waals surface area contributed by atoms with Crippen LogP contribution in [0.5, 0.6) is 0 Å². The van der Waals surface area contributed by atoms with E-state index in [-0.39, 0.29) is 11.2 Å². The zero-order valence-corrected chi connectivity index (χ0v) is 14.6. The van der Waals surface area contributed by atoms with Gasteiger partial charge in [0.05, 0.1) is 23.5 Å². The van der Waals surface area contributed by atoms with Gasteiger partial charge in [0.2, 0.25) is 0 Å². The van der Waals surface area contributed by atoms with E-state index in [0.717, 1.165) is 25.1 Å². The Morgan fingerprint density at radius 1 is 1.14 bits per heavy atom. The predicted molar refractivity (Wildman–Crippen MR) is 84.5 cm³/mol. The Labute approximate surface area is 129 Å². The molecule has 5 heteroatoms. The Hall–Kier alpha value is -0.940. The SMILES string of the molecule is CCOC(C)(C)CCOC(C)(C)Cc1cn(C(C)C)nn1. The van der Waals surface area contributed by atoms with E-state index in [9.17, 15) is 0 Å². The van der Waals surface area contributed by atoms with Crippen LogP contribution >= 0.6 is 0 Å². The first-order valence-electron chi connectivity index (χ1n) is 7.84. The molecule has 122 valence electrons. The summed E-state index contributed by atoms with van der Waals surface area (Å²) in [6.07, 6.45) is 3.64. The van der Waals surface area contributed by atoms with Crippen molar-refractivity contribution in [2.45, 2.75) is 78.6 Å². The fraction of sp³-hybridized carbons (Fsp3) is 0.875.